The molecule has 0 aromatic heterocycles. The number of ether oxygens (including phenoxy) is 1. The van der Waals surface area contributed by atoms with Gasteiger partial charge in [-0.3, -0.25) is 4.79 Å². The highest BCUT2D eigenvalue weighted by molar-refractivity contribution is 7.89. The Bertz CT molecular complexity index is 883. The van der Waals surface area contributed by atoms with Crippen molar-refractivity contribution >= 4 is 27.5 Å². The Kier molecular flexibility index (Phi) is 7.86. The normalized spacial score (nSPS) is 12.6. The van der Waals surface area contributed by atoms with E-state index < -0.39 is 10.0 Å². The number of amides is 1. The van der Waals surface area contributed by atoms with Crippen LogP contribution < -0.4 is 10.1 Å². The Morgan fingerprint density at radius 1 is 1.11 bits per heavy atom. The van der Waals surface area contributed by atoms with Crippen LogP contribution in [0.15, 0.2) is 53.4 Å². The number of nitrogens with zero attached hydrogens (tertiary/aromatic N) is 1. The summed E-state index contributed by atoms with van der Waals surface area (Å²) in [5.41, 5.74) is 0.884. The predicted octanol–water partition coefficient (Wildman–Crippen LogP) is 3.63. The van der Waals surface area contributed by atoms with Gasteiger partial charge in [0.15, 0.2) is 0 Å². The van der Waals surface area contributed by atoms with Gasteiger partial charge in [-0.2, -0.15) is 4.31 Å². The summed E-state index contributed by atoms with van der Waals surface area (Å²) in [6, 6.07) is 13.0. The van der Waals surface area contributed by atoms with Crippen molar-refractivity contribution < 1.29 is 17.9 Å². The van der Waals surface area contributed by atoms with Gasteiger partial charge in [0.2, 0.25) is 15.9 Å². The lowest BCUT2D eigenvalue weighted by atomic mass is 10.1. The molecule has 1 atom stereocenters. The van der Waals surface area contributed by atoms with Gasteiger partial charge < -0.3 is 10.1 Å². The summed E-state index contributed by atoms with van der Waals surface area (Å²) in [6.45, 7) is 5.80. The number of benzene rings is 2. The van der Waals surface area contributed by atoms with Crippen LogP contribution in [0.4, 0.5) is 0 Å². The van der Waals surface area contributed by atoms with E-state index in [2.05, 4.69) is 5.32 Å². The van der Waals surface area contributed by atoms with Crippen LogP contribution in [0.25, 0.3) is 0 Å². The highest BCUT2D eigenvalue weighted by Gasteiger charge is 2.25. The second kappa shape index (κ2) is 9.91. The molecule has 1 N–H and O–H groups in total. The molecule has 0 heterocycles. The van der Waals surface area contributed by atoms with E-state index >= 15 is 0 Å². The quantitative estimate of drug-likeness (QED) is 0.667. The lowest BCUT2D eigenvalue weighted by Gasteiger charge is -2.22. The van der Waals surface area contributed by atoms with Crippen LogP contribution in [0.3, 0.4) is 0 Å². The molecule has 8 heteroatoms. The van der Waals surface area contributed by atoms with Crippen molar-refractivity contribution in [2.24, 2.45) is 0 Å². The molecule has 0 saturated carbocycles. The molecule has 0 aliphatic heterocycles. The van der Waals surface area contributed by atoms with Crippen molar-refractivity contribution in [3.05, 3.63) is 59.1 Å². The molecule has 2 aromatic rings. The van der Waals surface area contributed by atoms with Crippen molar-refractivity contribution in [3.63, 3.8) is 0 Å². The zero-order valence-corrected chi connectivity index (χ0v) is 17.8. The van der Waals surface area contributed by atoms with Gasteiger partial charge in [0.1, 0.15) is 5.75 Å². The largest absolute Gasteiger partial charge is 0.494 e. The summed E-state index contributed by atoms with van der Waals surface area (Å²) in [6.07, 6.45) is 0. The smallest absolute Gasteiger partial charge is 0.243 e. The van der Waals surface area contributed by atoms with Gasteiger partial charge in [0.25, 0.3) is 0 Å². The van der Waals surface area contributed by atoms with Gasteiger partial charge >= 0.3 is 0 Å². The summed E-state index contributed by atoms with van der Waals surface area (Å²) in [5.74, 6) is 0.220. The number of hydrogen-bond donors (Lipinski definition) is 1. The fraction of sp³-hybridized carbons (Fsp3) is 0.350. The van der Waals surface area contributed by atoms with E-state index in [4.69, 9.17) is 16.3 Å². The first kappa shape index (κ1) is 22.2. The van der Waals surface area contributed by atoms with Gasteiger partial charge in [-0.1, -0.05) is 30.7 Å². The monoisotopic (exact) mass is 424 g/mol. The minimum atomic E-state index is -3.78. The fourth-order valence-electron chi connectivity index (χ4n) is 2.67. The van der Waals surface area contributed by atoms with E-state index in [1.165, 1.54) is 12.1 Å². The molecule has 0 aliphatic rings. The molecule has 0 saturated heterocycles. The Labute approximate surface area is 171 Å². The van der Waals surface area contributed by atoms with Crippen LogP contribution in [0.2, 0.25) is 5.02 Å². The zero-order valence-electron chi connectivity index (χ0n) is 16.2. The van der Waals surface area contributed by atoms with E-state index in [0.29, 0.717) is 17.4 Å². The van der Waals surface area contributed by atoms with E-state index in [-0.39, 0.29) is 29.9 Å². The Hall–Kier alpha value is -2.09. The molecular weight excluding hydrogens is 400 g/mol. The first-order valence-electron chi connectivity index (χ1n) is 9.05. The molecule has 2 aromatic carbocycles. The van der Waals surface area contributed by atoms with E-state index in [0.717, 1.165) is 9.87 Å². The van der Waals surface area contributed by atoms with Crippen LogP contribution in [0.1, 0.15) is 32.4 Å². The lowest BCUT2D eigenvalue weighted by Crippen LogP contribution is -2.41. The number of rotatable bonds is 9. The Balaban J connectivity index is 2.06. The molecule has 0 aliphatic carbocycles. The first-order valence-corrected chi connectivity index (χ1v) is 10.9. The van der Waals surface area contributed by atoms with E-state index in [1.54, 1.807) is 31.2 Å². The summed E-state index contributed by atoms with van der Waals surface area (Å²) in [5, 5.41) is 3.43. The summed E-state index contributed by atoms with van der Waals surface area (Å²) < 4.78 is 32.2. The van der Waals surface area contributed by atoms with Crippen molar-refractivity contribution in [3.8, 4) is 5.75 Å². The summed E-state index contributed by atoms with van der Waals surface area (Å²) >= 11 is 5.88. The number of carbonyl (C=O) groups excluding carboxylic acids is 1. The van der Waals surface area contributed by atoms with E-state index in [1.807, 2.05) is 26.0 Å². The number of likely N-dealkylation sites (N-methyl/N-ethyl adjacent to an activating group) is 1. The number of carbonyl (C=O) groups is 1. The third-order valence-electron chi connectivity index (χ3n) is 4.19. The van der Waals surface area contributed by atoms with Gasteiger partial charge in [-0.15, -0.1) is 0 Å². The number of nitrogens with one attached hydrogen (secondary N) is 1. The van der Waals surface area contributed by atoms with Crippen molar-refractivity contribution in [2.45, 2.75) is 31.7 Å². The predicted molar refractivity (Wildman–Crippen MR) is 110 cm³/mol. The second-order valence-electron chi connectivity index (χ2n) is 6.18. The maximum atomic E-state index is 12.9. The molecule has 28 heavy (non-hydrogen) atoms. The maximum absolute atomic E-state index is 12.9. The summed E-state index contributed by atoms with van der Waals surface area (Å²) in [7, 11) is -3.78. The van der Waals surface area contributed by atoms with Gasteiger partial charge in [0, 0.05) is 11.6 Å². The fourth-order valence-corrected chi connectivity index (χ4v) is 4.20. The first-order chi connectivity index (χ1) is 13.3. The van der Waals surface area contributed by atoms with Crippen LogP contribution in [0, 0.1) is 0 Å². The molecule has 0 spiro atoms. The average molecular weight is 425 g/mol. The van der Waals surface area contributed by atoms with Gasteiger partial charge in [-0.05, 0) is 55.8 Å². The van der Waals surface area contributed by atoms with Crippen molar-refractivity contribution in [2.75, 3.05) is 19.7 Å². The number of halogens is 1. The van der Waals surface area contributed by atoms with Crippen LogP contribution in [0.5, 0.6) is 5.75 Å². The highest BCUT2D eigenvalue weighted by atomic mass is 35.5. The second-order valence-corrected chi connectivity index (χ2v) is 8.55. The van der Waals surface area contributed by atoms with Crippen LogP contribution in [-0.2, 0) is 14.8 Å². The molecule has 152 valence electrons. The molecule has 0 unspecified atom stereocenters. The lowest BCUT2D eigenvalue weighted by molar-refractivity contribution is -0.121. The molecule has 0 fully saturated rings. The zero-order chi connectivity index (χ0) is 20.7. The third-order valence-corrected chi connectivity index (χ3v) is 6.38. The molecule has 6 nitrogen and oxygen atoms in total. The molecule has 0 radical (unpaired) electrons. The average Bonchev–Trinajstić information content (AvgIpc) is 2.67. The molecule has 2 rings (SSSR count). The summed E-state index contributed by atoms with van der Waals surface area (Å²) in [4.78, 5) is 12.5. The topological polar surface area (TPSA) is 75.7 Å². The van der Waals surface area contributed by atoms with Crippen molar-refractivity contribution in [1.29, 1.82) is 0 Å². The van der Waals surface area contributed by atoms with Crippen molar-refractivity contribution in [1.82, 2.24) is 9.62 Å². The highest BCUT2D eigenvalue weighted by Crippen LogP contribution is 2.20. The Morgan fingerprint density at radius 2 is 1.71 bits per heavy atom. The minimum absolute atomic E-state index is 0.122. The standard InChI is InChI=1S/C20H25ClN2O4S/c1-4-23(28(25,26)19-12-10-18(11-13-19)27-5-2)14-20(24)22-15(3)16-6-8-17(21)9-7-16/h6-13,15H,4-5,14H2,1-3H3,(H,22,24)/t15-/m0/s1. The minimum Gasteiger partial charge on any atom is -0.494 e. The number of hydrogen-bond acceptors (Lipinski definition) is 4. The molecular formula is C20H25ClN2O4S. The Morgan fingerprint density at radius 3 is 2.25 bits per heavy atom. The van der Waals surface area contributed by atoms with Crippen LogP contribution >= 0.6 is 11.6 Å². The van der Waals surface area contributed by atoms with Gasteiger partial charge in [0.05, 0.1) is 24.1 Å². The number of sulfonamides is 1. The van der Waals surface area contributed by atoms with Gasteiger partial charge in [-0.25, -0.2) is 8.42 Å². The van der Waals surface area contributed by atoms with E-state index in [9.17, 15) is 13.2 Å². The maximum Gasteiger partial charge on any atom is 0.243 e. The van der Waals surface area contributed by atoms with Crippen LogP contribution in [-0.4, -0.2) is 38.3 Å². The SMILES string of the molecule is CCOc1ccc(S(=O)(=O)N(CC)CC(=O)N[C@@H](C)c2ccc(Cl)cc2)cc1. The third kappa shape index (κ3) is 5.70. The molecule has 1 amide bonds. The molecule has 0 bridgehead atoms.